The first-order valence-corrected chi connectivity index (χ1v) is 8.49. The molecule has 3 atom stereocenters. The van der Waals surface area contributed by atoms with Crippen molar-refractivity contribution >= 4 is 11.9 Å². The molecule has 6 heteroatoms. The number of carbonyl (C=O) groups is 2. The van der Waals surface area contributed by atoms with Crippen molar-refractivity contribution in [2.45, 2.75) is 51.0 Å². The smallest absolute Gasteiger partial charge is 0.322 e. The van der Waals surface area contributed by atoms with Crippen LogP contribution >= 0.6 is 0 Å². The van der Waals surface area contributed by atoms with Crippen molar-refractivity contribution < 1.29 is 19.1 Å². The fraction of sp³-hybridized carbons (Fsp3) is 0.556. The summed E-state index contributed by atoms with van der Waals surface area (Å²) >= 11 is 0. The lowest BCUT2D eigenvalue weighted by Crippen LogP contribution is -2.42. The highest BCUT2D eigenvalue weighted by atomic mass is 19.1. The van der Waals surface area contributed by atoms with Gasteiger partial charge < -0.3 is 16.2 Å². The molecule has 132 valence electrons. The van der Waals surface area contributed by atoms with Gasteiger partial charge in [-0.3, -0.25) is 9.59 Å². The monoisotopic (exact) mass is 336 g/mol. The lowest BCUT2D eigenvalue weighted by molar-refractivity contribution is -0.138. The van der Waals surface area contributed by atoms with Crippen LogP contribution in [0.4, 0.5) is 4.39 Å². The topological polar surface area (TPSA) is 92.4 Å². The van der Waals surface area contributed by atoms with Gasteiger partial charge in [0.15, 0.2) is 0 Å². The zero-order chi connectivity index (χ0) is 17.7. The molecule has 2 rings (SSSR count). The van der Waals surface area contributed by atoms with E-state index in [9.17, 15) is 14.0 Å². The zero-order valence-electron chi connectivity index (χ0n) is 13.9. The third-order valence-corrected chi connectivity index (χ3v) is 4.84. The molecule has 0 radical (unpaired) electrons. The molecular weight excluding hydrogens is 311 g/mol. The van der Waals surface area contributed by atoms with Gasteiger partial charge in [0, 0.05) is 12.1 Å². The maximum absolute atomic E-state index is 14.0. The van der Waals surface area contributed by atoms with Gasteiger partial charge >= 0.3 is 5.97 Å². The Morgan fingerprint density at radius 2 is 2.04 bits per heavy atom. The fourth-order valence-electron chi connectivity index (χ4n) is 3.48. The minimum absolute atomic E-state index is 0.193. The lowest BCUT2D eigenvalue weighted by atomic mass is 9.74. The molecule has 1 aliphatic carbocycles. The molecule has 0 bridgehead atoms. The van der Waals surface area contributed by atoms with Gasteiger partial charge in [-0.25, -0.2) is 4.39 Å². The van der Waals surface area contributed by atoms with Crippen LogP contribution in [0.25, 0.3) is 0 Å². The summed E-state index contributed by atoms with van der Waals surface area (Å²) in [6.45, 7) is 1.95. The first kappa shape index (κ1) is 18.4. The van der Waals surface area contributed by atoms with E-state index in [1.165, 1.54) is 18.6 Å². The Morgan fingerprint density at radius 3 is 2.71 bits per heavy atom. The summed E-state index contributed by atoms with van der Waals surface area (Å²) in [6.07, 6.45) is 5.49. The predicted molar refractivity (Wildman–Crippen MR) is 89.3 cm³/mol. The summed E-state index contributed by atoms with van der Waals surface area (Å²) in [5.41, 5.74) is 6.43. The second-order valence-electron chi connectivity index (χ2n) is 6.49. The number of hydrogen-bond donors (Lipinski definition) is 3. The summed E-state index contributed by atoms with van der Waals surface area (Å²) in [4.78, 5) is 22.9. The number of carbonyl (C=O) groups excluding carboxylic acids is 1. The van der Waals surface area contributed by atoms with Gasteiger partial charge in [-0.1, -0.05) is 26.2 Å². The van der Waals surface area contributed by atoms with Gasteiger partial charge in [-0.15, -0.1) is 0 Å². The van der Waals surface area contributed by atoms with Crippen LogP contribution in [0.2, 0.25) is 0 Å². The second-order valence-corrected chi connectivity index (χ2v) is 6.49. The maximum Gasteiger partial charge on any atom is 0.322 e. The van der Waals surface area contributed by atoms with Crippen molar-refractivity contribution in [3.05, 3.63) is 35.1 Å². The van der Waals surface area contributed by atoms with Crippen LogP contribution in [0.1, 0.15) is 60.9 Å². The second kappa shape index (κ2) is 8.24. The van der Waals surface area contributed by atoms with Crippen molar-refractivity contribution in [1.82, 2.24) is 5.32 Å². The quantitative estimate of drug-likeness (QED) is 0.744. The first-order chi connectivity index (χ1) is 11.4. The van der Waals surface area contributed by atoms with E-state index in [-0.39, 0.29) is 18.0 Å². The van der Waals surface area contributed by atoms with Crippen molar-refractivity contribution in [2.24, 2.45) is 11.7 Å². The van der Waals surface area contributed by atoms with Crippen molar-refractivity contribution in [1.29, 1.82) is 0 Å². The summed E-state index contributed by atoms with van der Waals surface area (Å²) in [5.74, 6) is -1.36. The number of amides is 1. The third kappa shape index (κ3) is 4.54. The third-order valence-electron chi connectivity index (χ3n) is 4.84. The van der Waals surface area contributed by atoms with Crippen molar-refractivity contribution in [2.75, 3.05) is 6.54 Å². The van der Waals surface area contributed by atoms with E-state index in [0.29, 0.717) is 5.92 Å². The van der Waals surface area contributed by atoms with Crippen LogP contribution in [0.15, 0.2) is 18.2 Å². The number of halogens is 1. The van der Waals surface area contributed by atoms with Crippen LogP contribution < -0.4 is 11.1 Å². The van der Waals surface area contributed by atoms with E-state index >= 15 is 0 Å². The number of hydrogen-bond acceptors (Lipinski definition) is 3. The first-order valence-electron chi connectivity index (χ1n) is 8.49. The van der Waals surface area contributed by atoms with Crippen LogP contribution in [0.3, 0.4) is 0 Å². The number of nitrogens with two attached hydrogens (primary N) is 1. The van der Waals surface area contributed by atoms with E-state index in [2.05, 4.69) is 12.2 Å². The molecule has 1 aliphatic rings. The molecule has 5 nitrogen and oxygen atoms in total. The average molecular weight is 336 g/mol. The Morgan fingerprint density at radius 1 is 1.33 bits per heavy atom. The summed E-state index contributed by atoms with van der Waals surface area (Å²) in [6, 6.07) is 3.24. The molecule has 0 unspecified atom stereocenters. The van der Waals surface area contributed by atoms with E-state index in [0.717, 1.165) is 31.2 Å². The number of carboxylic acids is 1. The Hall–Kier alpha value is -1.95. The molecule has 1 amide bonds. The Balaban J connectivity index is 2.15. The normalized spacial score (nSPS) is 22.0. The highest BCUT2D eigenvalue weighted by Crippen LogP contribution is 2.39. The van der Waals surface area contributed by atoms with Gasteiger partial charge in [0.25, 0.3) is 5.91 Å². The van der Waals surface area contributed by atoms with E-state index in [4.69, 9.17) is 10.8 Å². The lowest BCUT2D eigenvalue weighted by Gasteiger charge is -2.31. The largest absolute Gasteiger partial charge is 0.480 e. The van der Waals surface area contributed by atoms with Crippen molar-refractivity contribution in [3.8, 4) is 0 Å². The maximum atomic E-state index is 14.0. The summed E-state index contributed by atoms with van der Waals surface area (Å²) in [5, 5.41) is 11.2. The molecule has 1 saturated carbocycles. The van der Waals surface area contributed by atoms with Crippen LogP contribution in [-0.4, -0.2) is 29.6 Å². The van der Waals surface area contributed by atoms with Gasteiger partial charge in [0.2, 0.25) is 0 Å². The Bertz CT molecular complexity index is 606. The number of rotatable bonds is 6. The van der Waals surface area contributed by atoms with E-state index in [1.807, 2.05) is 0 Å². The summed E-state index contributed by atoms with van der Waals surface area (Å²) in [7, 11) is 0. The Kier molecular flexibility index (Phi) is 6.31. The molecule has 0 saturated heterocycles. The van der Waals surface area contributed by atoms with E-state index in [1.54, 1.807) is 6.07 Å². The number of aliphatic carboxylic acids is 1. The van der Waals surface area contributed by atoms with Gasteiger partial charge in [0.05, 0.1) is 0 Å². The molecule has 1 aromatic rings. The van der Waals surface area contributed by atoms with E-state index < -0.39 is 23.7 Å². The number of benzene rings is 1. The SMILES string of the molecule is CC[C@H]1CCCC[C@H]1c1cc(F)cc(C(=O)NC[C@@H](N)C(=O)O)c1. The molecule has 1 fully saturated rings. The van der Waals surface area contributed by atoms with Crippen LogP contribution in [0, 0.1) is 11.7 Å². The molecule has 0 aliphatic heterocycles. The molecule has 1 aromatic carbocycles. The molecule has 0 heterocycles. The van der Waals surface area contributed by atoms with Gasteiger partial charge in [0.1, 0.15) is 11.9 Å². The van der Waals surface area contributed by atoms with Gasteiger partial charge in [-0.05, 0) is 48.4 Å². The minimum atomic E-state index is -1.19. The molecule has 4 N–H and O–H groups in total. The molecule has 0 spiro atoms. The average Bonchev–Trinajstić information content (AvgIpc) is 2.58. The number of carboxylic acid groups (broad SMARTS) is 1. The highest BCUT2D eigenvalue weighted by Gasteiger charge is 2.26. The number of nitrogens with one attached hydrogen (secondary N) is 1. The summed E-state index contributed by atoms with van der Waals surface area (Å²) < 4.78 is 14.0. The van der Waals surface area contributed by atoms with Crippen LogP contribution in [-0.2, 0) is 4.79 Å². The molecular formula is C18H25FN2O3. The fourth-order valence-corrected chi connectivity index (χ4v) is 3.48. The highest BCUT2D eigenvalue weighted by molar-refractivity contribution is 5.94. The minimum Gasteiger partial charge on any atom is -0.480 e. The van der Waals surface area contributed by atoms with Crippen molar-refractivity contribution in [3.63, 3.8) is 0 Å². The predicted octanol–water partition coefficient (Wildman–Crippen LogP) is 2.65. The Labute approximate surface area is 141 Å². The van der Waals surface area contributed by atoms with Gasteiger partial charge in [-0.2, -0.15) is 0 Å². The van der Waals surface area contributed by atoms with Crippen LogP contribution in [0.5, 0.6) is 0 Å². The standard InChI is InChI=1S/C18H25FN2O3/c1-2-11-5-3-4-6-15(11)12-7-13(9-14(19)8-12)17(22)21-10-16(20)18(23)24/h7-9,11,15-16H,2-6,10,20H2,1H3,(H,21,22)(H,23,24)/t11-,15+,16+/m0/s1. The molecule has 24 heavy (non-hydrogen) atoms. The molecule has 0 aromatic heterocycles. The zero-order valence-corrected chi connectivity index (χ0v) is 13.9.